The van der Waals surface area contributed by atoms with Crippen molar-refractivity contribution in [1.29, 1.82) is 0 Å². The summed E-state index contributed by atoms with van der Waals surface area (Å²) in [6.45, 7) is 5.02. The molecule has 0 spiro atoms. The summed E-state index contributed by atoms with van der Waals surface area (Å²) in [6.07, 6.45) is 5.55. The van der Waals surface area contributed by atoms with Gasteiger partial charge in [0.15, 0.2) is 0 Å². The summed E-state index contributed by atoms with van der Waals surface area (Å²) in [5.41, 5.74) is 1.51. The predicted octanol–water partition coefficient (Wildman–Crippen LogP) is 2.62. The molecular weight excluding hydrogens is 220 g/mol. The Morgan fingerprint density at radius 2 is 1.83 bits per heavy atom. The van der Waals surface area contributed by atoms with Gasteiger partial charge in [-0.1, -0.05) is 36.8 Å². The highest BCUT2D eigenvalue weighted by molar-refractivity contribution is 5.27. The molecule has 2 aliphatic rings. The molecule has 1 heterocycles. The maximum Gasteiger partial charge on any atom is 0.0143 e. The molecular formula is C16H24N2. The lowest BCUT2D eigenvalue weighted by molar-refractivity contribution is 0.229. The normalized spacial score (nSPS) is 28.2. The van der Waals surface area contributed by atoms with E-state index >= 15 is 0 Å². The quantitative estimate of drug-likeness (QED) is 0.856. The second kappa shape index (κ2) is 5.85. The van der Waals surface area contributed by atoms with Gasteiger partial charge in [-0.15, -0.1) is 0 Å². The molecule has 1 aliphatic heterocycles. The summed E-state index contributed by atoms with van der Waals surface area (Å²) in [4.78, 5) is 2.61. The molecule has 1 aromatic carbocycles. The molecule has 2 fully saturated rings. The lowest BCUT2D eigenvalue weighted by Gasteiger charge is -2.26. The average molecular weight is 244 g/mol. The van der Waals surface area contributed by atoms with Crippen molar-refractivity contribution in [3.63, 3.8) is 0 Å². The fourth-order valence-corrected chi connectivity index (χ4v) is 3.08. The zero-order valence-corrected chi connectivity index (χ0v) is 11.1. The molecule has 1 N–H and O–H groups in total. The minimum Gasteiger partial charge on any atom is -0.312 e. The monoisotopic (exact) mass is 244 g/mol. The Labute approximate surface area is 110 Å². The fourth-order valence-electron chi connectivity index (χ4n) is 3.08. The van der Waals surface area contributed by atoms with E-state index in [1.165, 1.54) is 50.9 Å². The van der Waals surface area contributed by atoms with Crippen molar-refractivity contribution in [2.45, 2.75) is 37.6 Å². The standard InChI is InChI=1S/C16H24N2/c1-3-7-14(8-4-1)15-13-16(15)17-9-12-18-10-5-2-6-11-18/h1,3-4,7-8,15-17H,2,5-6,9-13H2. The summed E-state index contributed by atoms with van der Waals surface area (Å²) < 4.78 is 0. The highest BCUT2D eigenvalue weighted by Crippen LogP contribution is 2.40. The van der Waals surface area contributed by atoms with Gasteiger partial charge >= 0.3 is 0 Å². The molecule has 18 heavy (non-hydrogen) atoms. The van der Waals surface area contributed by atoms with E-state index in [0.29, 0.717) is 0 Å². The van der Waals surface area contributed by atoms with Crippen molar-refractivity contribution in [3.8, 4) is 0 Å². The van der Waals surface area contributed by atoms with Gasteiger partial charge in [0.2, 0.25) is 0 Å². The second-order valence-electron chi connectivity index (χ2n) is 5.72. The molecule has 1 saturated carbocycles. The van der Waals surface area contributed by atoms with E-state index in [1.54, 1.807) is 0 Å². The van der Waals surface area contributed by atoms with Gasteiger partial charge in [0.05, 0.1) is 0 Å². The van der Waals surface area contributed by atoms with Crippen LogP contribution in [0.25, 0.3) is 0 Å². The zero-order chi connectivity index (χ0) is 12.2. The fraction of sp³-hybridized carbons (Fsp3) is 0.625. The minimum atomic E-state index is 0.734. The second-order valence-corrected chi connectivity index (χ2v) is 5.72. The van der Waals surface area contributed by atoms with Crippen molar-refractivity contribution in [3.05, 3.63) is 35.9 Å². The third kappa shape index (κ3) is 3.12. The Balaban J connectivity index is 1.36. The van der Waals surface area contributed by atoms with Gasteiger partial charge in [0.25, 0.3) is 0 Å². The van der Waals surface area contributed by atoms with E-state index in [0.717, 1.165) is 18.5 Å². The first kappa shape index (κ1) is 12.2. The van der Waals surface area contributed by atoms with Crippen molar-refractivity contribution < 1.29 is 0 Å². The SMILES string of the molecule is c1ccc(C2CC2NCCN2CCCCC2)cc1. The van der Waals surface area contributed by atoms with E-state index < -0.39 is 0 Å². The Morgan fingerprint density at radius 3 is 2.61 bits per heavy atom. The molecule has 0 radical (unpaired) electrons. The molecule has 1 aliphatic carbocycles. The summed E-state index contributed by atoms with van der Waals surface area (Å²) >= 11 is 0. The van der Waals surface area contributed by atoms with Gasteiger partial charge < -0.3 is 10.2 Å². The van der Waals surface area contributed by atoms with Crippen molar-refractivity contribution in [2.24, 2.45) is 0 Å². The Morgan fingerprint density at radius 1 is 1.06 bits per heavy atom. The zero-order valence-electron chi connectivity index (χ0n) is 11.1. The highest BCUT2D eigenvalue weighted by atomic mass is 15.1. The molecule has 0 bridgehead atoms. The first-order valence-corrected chi connectivity index (χ1v) is 7.44. The van der Waals surface area contributed by atoms with Gasteiger partial charge in [0, 0.05) is 25.0 Å². The first-order chi connectivity index (χ1) is 8.93. The Bertz CT molecular complexity index is 357. The largest absolute Gasteiger partial charge is 0.312 e. The van der Waals surface area contributed by atoms with Gasteiger partial charge in [0.1, 0.15) is 0 Å². The number of hydrogen-bond acceptors (Lipinski definition) is 2. The minimum absolute atomic E-state index is 0.734. The third-order valence-corrected chi connectivity index (χ3v) is 4.30. The molecule has 98 valence electrons. The van der Waals surface area contributed by atoms with E-state index in [9.17, 15) is 0 Å². The third-order valence-electron chi connectivity index (χ3n) is 4.30. The topological polar surface area (TPSA) is 15.3 Å². The van der Waals surface area contributed by atoms with Crippen molar-refractivity contribution >= 4 is 0 Å². The van der Waals surface area contributed by atoms with Crippen LogP contribution in [0.1, 0.15) is 37.2 Å². The van der Waals surface area contributed by atoms with Crippen LogP contribution in [0, 0.1) is 0 Å². The molecule has 0 amide bonds. The Kier molecular flexibility index (Phi) is 3.96. The summed E-state index contributed by atoms with van der Waals surface area (Å²) in [5.74, 6) is 0.771. The average Bonchev–Trinajstić information content (AvgIpc) is 3.21. The smallest absolute Gasteiger partial charge is 0.0143 e. The van der Waals surface area contributed by atoms with Gasteiger partial charge in [-0.2, -0.15) is 0 Å². The maximum atomic E-state index is 3.71. The van der Waals surface area contributed by atoms with Gasteiger partial charge in [-0.05, 0) is 37.9 Å². The number of hydrogen-bond donors (Lipinski definition) is 1. The number of piperidine rings is 1. The Hall–Kier alpha value is -0.860. The van der Waals surface area contributed by atoms with Crippen LogP contribution in [-0.4, -0.2) is 37.1 Å². The van der Waals surface area contributed by atoms with Gasteiger partial charge in [-0.25, -0.2) is 0 Å². The molecule has 1 saturated heterocycles. The number of benzene rings is 1. The predicted molar refractivity (Wildman–Crippen MR) is 75.9 cm³/mol. The van der Waals surface area contributed by atoms with Crippen LogP contribution >= 0.6 is 0 Å². The van der Waals surface area contributed by atoms with Crippen LogP contribution in [0.4, 0.5) is 0 Å². The van der Waals surface area contributed by atoms with Crippen LogP contribution in [0.5, 0.6) is 0 Å². The van der Waals surface area contributed by atoms with Crippen LogP contribution < -0.4 is 5.32 Å². The molecule has 2 atom stereocenters. The molecule has 0 aromatic heterocycles. The maximum absolute atomic E-state index is 3.71. The van der Waals surface area contributed by atoms with Crippen LogP contribution in [0.2, 0.25) is 0 Å². The molecule has 1 aromatic rings. The summed E-state index contributed by atoms with van der Waals surface area (Å²) in [6, 6.07) is 11.7. The van der Waals surface area contributed by atoms with Crippen molar-refractivity contribution in [2.75, 3.05) is 26.2 Å². The summed E-state index contributed by atoms with van der Waals surface area (Å²) in [5, 5.41) is 3.71. The number of nitrogens with one attached hydrogen (secondary N) is 1. The van der Waals surface area contributed by atoms with Gasteiger partial charge in [-0.3, -0.25) is 0 Å². The molecule has 2 heteroatoms. The van der Waals surface area contributed by atoms with Crippen LogP contribution in [0.15, 0.2) is 30.3 Å². The molecule has 2 unspecified atom stereocenters. The van der Waals surface area contributed by atoms with E-state index in [1.807, 2.05) is 0 Å². The van der Waals surface area contributed by atoms with Crippen LogP contribution in [0.3, 0.4) is 0 Å². The molecule has 3 rings (SSSR count). The van der Waals surface area contributed by atoms with Crippen LogP contribution in [-0.2, 0) is 0 Å². The lowest BCUT2D eigenvalue weighted by atomic mass is 10.1. The lowest BCUT2D eigenvalue weighted by Crippen LogP contribution is -2.36. The van der Waals surface area contributed by atoms with E-state index in [4.69, 9.17) is 0 Å². The van der Waals surface area contributed by atoms with E-state index in [-0.39, 0.29) is 0 Å². The number of nitrogens with zero attached hydrogens (tertiary/aromatic N) is 1. The highest BCUT2D eigenvalue weighted by Gasteiger charge is 2.37. The summed E-state index contributed by atoms with van der Waals surface area (Å²) in [7, 11) is 0. The van der Waals surface area contributed by atoms with E-state index in [2.05, 4.69) is 40.5 Å². The number of likely N-dealkylation sites (tertiary alicyclic amines) is 1. The van der Waals surface area contributed by atoms with Crippen molar-refractivity contribution in [1.82, 2.24) is 10.2 Å². The number of rotatable bonds is 5. The first-order valence-electron chi connectivity index (χ1n) is 7.44. The molecule has 2 nitrogen and oxygen atoms in total.